The Morgan fingerprint density at radius 3 is 3.17 bits per heavy atom. The number of hydrogen-bond acceptors (Lipinski definition) is 3. The number of hydrogen-bond donors (Lipinski definition) is 0. The fraction of sp³-hybridized carbons (Fsp3) is 0.333. The summed E-state index contributed by atoms with van der Waals surface area (Å²) in [6.07, 6.45) is 5.47. The van der Waals surface area contributed by atoms with E-state index in [-0.39, 0.29) is 5.92 Å². The van der Waals surface area contributed by atoms with Crippen LogP contribution < -0.4 is 0 Å². The number of Topliss-reactive ketones (excluding diaryl/α,β-unsaturated/α-hetero) is 1. The van der Waals surface area contributed by atoms with Crippen molar-refractivity contribution in [2.75, 3.05) is 0 Å². The first-order valence-electron chi connectivity index (χ1n) is 6.33. The van der Waals surface area contributed by atoms with Gasteiger partial charge in [-0.05, 0) is 48.4 Å². The summed E-state index contributed by atoms with van der Waals surface area (Å²) in [5.41, 5.74) is 2.15. The number of aryl methyl sites for hydroxylation is 1. The van der Waals surface area contributed by atoms with E-state index in [9.17, 15) is 4.79 Å². The Balaban J connectivity index is 1.79. The molecule has 0 bridgehead atoms. The summed E-state index contributed by atoms with van der Waals surface area (Å²) in [6.45, 7) is 0. The minimum absolute atomic E-state index is 0.0991. The first-order chi connectivity index (χ1) is 8.84. The van der Waals surface area contributed by atoms with Gasteiger partial charge in [0.1, 0.15) is 5.78 Å². The number of carbonyl (C=O) groups excluding carboxylic acids is 1. The number of ketones is 1. The normalized spacial score (nSPS) is 18.3. The second kappa shape index (κ2) is 5.02. The van der Waals surface area contributed by atoms with Crippen LogP contribution in [0.2, 0.25) is 0 Å². The number of thiophene rings is 1. The van der Waals surface area contributed by atoms with Crippen molar-refractivity contribution in [1.82, 2.24) is 4.98 Å². The topological polar surface area (TPSA) is 30.0 Å². The number of fused-ring (bicyclic) bond motifs is 1. The highest BCUT2D eigenvalue weighted by Crippen LogP contribution is 2.35. The Hall–Kier alpha value is -1.48. The lowest BCUT2D eigenvalue weighted by Crippen LogP contribution is -2.19. The smallest absolute Gasteiger partial charge is 0.146 e. The van der Waals surface area contributed by atoms with Crippen molar-refractivity contribution in [3.8, 4) is 0 Å². The van der Waals surface area contributed by atoms with Gasteiger partial charge in [0.25, 0.3) is 0 Å². The summed E-state index contributed by atoms with van der Waals surface area (Å²) in [5.74, 6) is 0.412. The van der Waals surface area contributed by atoms with Gasteiger partial charge >= 0.3 is 0 Å². The standard InChI is InChI=1S/C15H15NOS/c17-14(10-11-4-1-2-8-16-11)12-5-3-6-15-13(12)7-9-18-15/h1-2,4,7-9,12H,3,5-6,10H2. The summed E-state index contributed by atoms with van der Waals surface area (Å²) >= 11 is 1.78. The Bertz CT molecular complexity index is 547. The zero-order chi connectivity index (χ0) is 12.4. The lowest BCUT2D eigenvalue weighted by Gasteiger charge is -2.21. The molecule has 92 valence electrons. The quantitative estimate of drug-likeness (QED) is 0.843. The molecule has 0 radical (unpaired) electrons. The first-order valence-corrected chi connectivity index (χ1v) is 7.21. The van der Waals surface area contributed by atoms with Gasteiger partial charge in [0, 0.05) is 29.1 Å². The molecule has 1 unspecified atom stereocenters. The Morgan fingerprint density at radius 1 is 1.39 bits per heavy atom. The third-order valence-corrected chi connectivity index (χ3v) is 4.52. The highest BCUT2D eigenvalue weighted by atomic mass is 32.1. The number of rotatable bonds is 3. The Morgan fingerprint density at radius 2 is 2.33 bits per heavy atom. The van der Waals surface area contributed by atoms with Crippen LogP contribution in [0.4, 0.5) is 0 Å². The molecule has 3 heteroatoms. The molecule has 3 rings (SSSR count). The molecular weight excluding hydrogens is 242 g/mol. The van der Waals surface area contributed by atoms with E-state index in [4.69, 9.17) is 0 Å². The maximum atomic E-state index is 12.4. The van der Waals surface area contributed by atoms with E-state index in [1.165, 1.54) is 10.4 Å². The van der Waals surface area contributed by atoms with Crippen LogP contribution in [-0.4, -0.2) is 10.8 Å². The first kappa shape index (κ1) is 11.6. The Labute approximate surface area is 111 Å². The summed E-state index contributed by atoms with van der Waals surface area (Å²) < 4.78 is 0. The minimum Gasteiger partial charge on any atom is -0.299 e. The molecule has 0 spiro atoms. The largest absolute Gasteiger partial charge is 0.299 e. The van der Waals surface area contributed by atoms with Crippen LogP contribution in [0.3, 0.4) is 0 Å². The third-order valence-electron chi connectivity index (χ3n) is 3.52. The predicted octanol–water partition coefficient (Wildman–Crippen LogP) is 3.37. The van der Waals surface area contributed by atoms with Crippen LogP contribution in [0.5, 0.6) is 0 Å². The monoisotopic (exact) mass is 257 g/mol. The number of nitrogens with zero attached hydrogens (tertiary/aromatic N) is 1. The van der Waals surface area contributed by atoms with Crippen molar-refractivity contribution in [3.63, 3.8) is 0 Å². The average molecular weight is 257 g/mol. The third kappa shape index (κ3) is 2.23. The van der Waals surface area contributed by atoms with Crippen LogP contribution in [-0.2, 0) is 17.6 Å². The van der Waals surface area contributed by atoms with Crippen molar-refractivity contribution in [3.05, 3.63) is 52.0 Å². The molecule has 1 atom stereocenters. The maximum absolute atomic E-state index is 12.4. The zero-order valence-corrected chi connectivity index (χ0v) is 11.0. The van der Waals surface area contributed by atoms with E-state index in [0.29, 0.717) is 12.2 Å². The van der Waals surface area contributed by atoms with E-state index < -0.39 is 0 Å². The molecule has 0 saturated carbocycles. The molecule has 1 aliphatic carbocycles. The van der Waals surface area contributed by atoms with Crippen molar-refractivity contribution in [2.45, 2.75) is 31.6 Å². The Kier molecular flexibility index (Phi) is 3.24. The molecule has 0 fully saturated rings. The van der Waals surface area contributed by atoms with Gasteiger partial charge in [-0.15, -0.1) is 11.3 Å². The molecule has 0 saturated heterocycles. The molecule has 0 aromatic carbocycles. The fourth-order valence-corrected chi connectivity index (χ4v) is 3.61. The fourth-order valence-electron chi connectivity index (χ4n) is 2.63. The van der Waals surface area contributed by atoms with Crippen LogP contribution in [0.15, 0.2) is 35.8 Å². The molecule has 2 heterocycles. The predicted molar refractivity (Wildman–Crippen MR) is 72.9 cm³/mol. The molecule has 1 aliphatic rings. The van der Waals surface area contributed by atoms with Crippen molar-refractivity contribution < 1.29 is 4.79 Å². The summed E-state index contributed by atoms with van der Waals surface area (Å²) in [4.78, 5) is 18.0. The van der Waals surface area contributed by atoms with Gasteiger partial charge < -0.3 is 0 Å². The van der Waals surface area contributed by atoms with Crippen LogP contribution in [0, 0.1) is 0 Å². The molecule has 0 N–H and O–H groups in total. The van der Waals surface area contributed by atoms with E-state index in [1.54, 1.807) is 17.5 Å². The molecule has 2 aromatic rings. The van der Waals surface area contributed by atoms with Gasteiger partial charge in [-0.3, -0.25) is 9.78 Å². The maximum Gasteiger partial charge on any atom is 0.146 e. The van der Waals surface area contributed by atoms with E-state index in [1.807, 2.05) is 18.2 Å². The van der Waals surface area contributed by atoms with Crippen LogP contribution in [0.1, 0.15) is 34.9 Å². The van der Waals surface area contributed by atoms with Gasteiger partial charge in [0.2, 0.25) is 0 Å². The SMILES string of the molecule is O=C(Cc1ccccn1)C1CCCc2sccc21. The summed E-state index contributed by atoms with van der Waals surface area (Å²) in [7, 11) is 0. The number of carbonyl (C=O) groups is 1. The van der Waals surface area contributed by atoms with Gasteiger partial charge in [-0.25, -0.2) is 0 Å². The van der Waals surface area contributed by atoms with E-state index >= 15 is 0 Å². The molecule has 0 aliphatic heterocycles. The zero-order valence-electron chi connectivity index (χ0n) is 10.1. The molecule has 18 heavy (non-hydrogen) atoms. The van der Waals surface area contributed by atoms with Gasteiger partial charge in [0.05, 0.1) is 0 Å². The van der Waals surface area contributed by atoms with Crippen LogP contribution >= 0.6 is 11.3 Å². The van der Waals surface area contributed by atoms with Crippen LogP contribution in [0.25, 0.3) is 0 Å². The van der Waals surface area contributed by atoms with Gasteiger partial charge in [-0.1, -0.05) is 6.07 Å². The van der Waals surface area contributed by atoms with E-state index in [2.05, 4.69) is 16.4 Å². The number of pyridine rings is 1. The molecule has 0 amide bonds. The average Bonchev–Trinajstić information content (AvgIpc) is 2.87. The van der Waals surface area contributed by atoms with Crippen molar-refractivity contribution in [1.29, 1.82) is 0 Å². The van der Waals surface area contributed by atoms with Gasteiger partial charge in [-0.2, -0.15) is 0 Å². The van der Waals surface area contributed by atoms with Gasteiger partial charge in [0.15, 0.2) is 0 Å². The second-order valence-electron chi connectivity index (χ2n) is 4.71. The number of aromatic nitrogens is 1. The summed E-state index contributed by atoms with van der Waals surface area (Å²) in [5, 5.41) is 2.11. The lowest BCUT2D eigenvalue weighted by atomic mass is 9.83. The highest BCUT2D eigenvalue weighted by Gasteiger charge is 2.27. The minimum atomic E-state index is 0.0991. The second-order valence-corrected chi connectivity index (χ2v) is 5.71. The lowest BCUT2D eigenvalue weighted by molar-refractivity contribution is -0.120. The molecular formula is C15H15NOS. The molecule has 2 nitrogen and oxygen atoms in total. The van der Waals surface area contributed by atoms with Crippen molar-refractivity contribution in [2.24, 2.45) is 0 Å². The van der Waals surface area contributed by atoms with E-state index in [0.717, 1.165) is 25.0 Å². The molecule has 2 aromatic heterocycles. The highest BCUT2D eigenvalue weighted by molar-refractivity contribution is 7.10. The summed E-state index contributed by atoms with van der Waals surface area (Å²) in [6, 6.07) is 7.87. The van der Waals surface area contributed by atoms with Crippen molar-refractivity contribution >= 4 is 17.1 Å².